The van der Waals surface area contributed by atoms with Crippen LogP contribution in [0.5, 0.6) is 0 Å². The number of carbonyl (C=O) groups excluding carboxylic acids is 1. The molecule has 1 amide bonds. The van der Waals surface area contributed by atoms with Gasteiger partial charge in [-0.25, -0.2) is 9.78 Å². The van der Waals surface area contributed by atoms with E-state index >= 15 is 0 Å². The Bertz CT molecular complexity index is 1150. The highest BCUT2D eigenvalue weighted by Crippen LogP contribution is 2.25. The number of imidazole rings is 2. The van der Waals surface area contributed by atoms with Crippen LogP contribution in [0.3, 0.4) is 0 Å². The predicted octanol–water partition coefficient (Wildman–Crippen LogP) is 2.65. The molecule has 0 aliphatic carbocycles. The first-order valence-electron chi connectivity index (χ1n) is 7.17. The van der Waals surface area contributed by atoms with Gasteiger partial charge in [-0.3, -0.25) is 10.1 Å². The SMILES string of the molecule is Cn1c(NC(=O)c2ccc3[nH]c(=O)[nH]c3c2)nc2c(Cl)cccc21. The molecule has 2 aromatic heterocycles. The minimum Gasteiger partial charge on any atom is -0.313 e. The van der Waals surface area contributed by atoms with Gasteiger partial charge in [0.25, 0.3) is 5.91 Å². The van der Waals surface area contributed by atoms with Crippen molar-refractivity contribution in [2.75, 3.05) is 5.32 Å². The van der Waals surface area contributed by atoms with Gasteiger partial charge >= 0.3 is 5.69 Å². The normalized spacial score (nSPS) is 11.2. The Labute approximate surface area is 140 Å². The Kier molecular flexibility index (Phi) is 3.17. The Morgan fingerprint density at radius 3 is 2.79 bits per heavy atom. The number of nitrogens with zero attached hydrogens (tertiary/aromatic N) is 2. The van der Waals surface area contributed by atoms with Gasteiger partial charge in [-0.1, -0.05) is 17.7 Å². The van der Waals surface area contributed by atoms with Crippen LogP contribution in [0.2, 0.25) is 5.02 Å². The largest absolute Gasteiger partial charge is 0.323 e. The molecule has 0 atom stereocenters. The summed E-state index contributed by atoms with van der Waals surface area (Å²) in [5, 5.41) is 3.29. The number of amides is 1. The summed E-state index contributed by atoms with van der Waals surface area (Å²) in [5.41, 5.74) is 2.76. The van der Waals surface area contributed by atoms with Crippen LogP contribution >= 0.6 is 11.6 Å². The van der Waals surface area contributed by atoms with E-state index in [1.807, 2.05) is 12.1 Å². The van der Waals surface area contributed by atoms with Crippen LogP contribution in [0.1, 0.15) is 10.4 Å². The monoisotopic (exact) mass is 341 g/mol. The number of para-hydroxylation sites is 1. The highest BCUT2D eigenvalue weighted by atomic mass is 35.5. The van der Waals surface area contributed by atoms with Gasteiger partial charge < -0.3 is 14.5 Å². The Hall–Kier alpha value is -3.06. The number of anilines is 1. The lowest BCUT2D eigenvalue weighted by molar-refractivity contribution is 0.102. The molecule has 3 N–H and O–H groups in total. The molecule has 4 rings (SSSR count). The van der Waals surface area contributed by atoms with Crippen molar-refractivity contribution in [1.29, 1.82) is 0 Å². The summed E-state index contributed by atoms with van der Waals surface area (Å²) in [7, 11) is 1.80. The summed E-state index contributed by atoms with van der Waals surface area (Å²) in [6.07, 6.45) is 0. The van der Waals surface area contributed by atoms with Crippen LogP contribution in [0.15, 0.2) is 41.2 Å². The Morgan fingerprint density at radius 2 is 2.00 bits per heavy atom. The molecule has 120 valence electrons. The fourth-order valence-electron chi connectivity index (χ4n) is 2.64. The van der Waals surface area contributed by atoms with E-state index in [0.717, 1.165) is 5.52 Å². The molecule has 0 spiro atoms. The van der Waals surface area contributed by atoms with Gasteiger partial charge in [0.1, 0.15) is 5.52 Å². The molecule has 0 aliphatic heterocycles. The summed E-state index contributed by atoms with van der Waals surface area (Å²) in [6.45, 7) is 0. The van der Waals surface area contributed by atoms with Crippen molar-refractivity contribution in [1.82, 2.24) is 19.5 Å². The molecule has 0 radical (unpaired) electrons. The highest BCUT2D eigenvalue weighted by molar-refractivity contribution is 6.35. The molecular weight excluding hydrogens is 330 g/mol. The molecule has 0 saturated heterocycles. The van der Waals surface area contributed by atoms with E-state index in [9.17, 15) is 9.59 Å². The third-order valence-corrected chi connectivity index (χ3v) is 4.17. The smallest absolute Gasteiger partial charge is 0.313 e. The number of rotatable bonds is 2. The number of aryl methyl sites for hydroxylation is 1. The van der Waals surface area contributed by atoms with Crippen LogP contribution < -0.4 is 11.0 Å². The Morgan fingerprint density at radius 1 is 1.21 bits per heavy atom. The maximum atomic E-state index is 12.5. The quantitative estimate of drug-likeness (QED) is 0.523. The number of benzene rings is 2. The predicted molar refractivity (Wildman–Crippen MR) is 92.6 cm³/mol. The number of hydrogen-bond acceptors (Lipinski definition) is 3. The van der Waals surface area contributed by atoms with Crippen LogP contribution in [-0.2, 0) is 7.05 Å². The molecular formula is C16H12ClN5O2. The average Bonchev–Trinajstić information content (AvgIpc) is 3.08. The second-order valence-electron chi connectivity index (χ2n) is 5.40. The first-order chi connectivity index (χ1) is 11.5. The van der Waals surface area contributed by atoms with Crippen molar-refractivity contribution in [2.24, 2.45) is 7.05 Å². The lowest BCUT2D eigenvalue weighted by Crippen LogP contribution is -2.15. The fourth-order valence-corrected chi connectivity index (χ4v) is 2.85. The van der Waals surface area contributed by atoms with E-state index in [1.54, 1.807) is 35.9 Å². The standard InChI is InChI=1S/C16H12ClN5O2/c1-22-12-4-2-3-9(17)13(12)20-15(22)21-14(23)8-5-6-10-11(7-8)19-16(24)18-10/h2-7H,1H3,(H2,18,19,24)(H,20,21,23). The number of nitrogens with one attached hydrogen (secondary N) is 3. The number of hydrogen-bond donors (Lipinski definition) is 3. The van der Waals surface area contributed by atoms with Crippen LogP contribution in [0.4, 0.5) is 5.95 Å². The molecule has 0 saturated carbocycles. The number of fused-ring (bicyclic) bond motifs is 2. The van der Waals surface area contributed by atoms with Crippen molar-refractivity contribution in [3.05, 3.63) is 57.5 Å². The number of aromatic amines is 2. The first kappa shape index (κ1) is 14.5. The third-order valence-electron chi connectivity index (χ3n) is 3.87. The van der Waals surface area contributed by atoms with Gasteiger partial charge in [-0.2, -0.15) is 0 Å². The molecule has 8 heteroatoms. The summed E-state index contributed by atoms with van der Waals surface area (Å²) in [5.74, 6) is 0.0687. The molecule has 0 bridgehead atoms. The number of halogens is 1. The summed E-state index contributed by atoms with van der Waals surface area (Å²) in [6, 6.07) is 10.4. The molecule has 0 aliphatic rings. The van der Waals surface area contributed by atoms with E-state index < -0.39 is 0 Å². The summed E-state index contributed by atoms with van der Waals surface area (Å²) < 4.78 is 1.76. The van der Waals surface area contributed by atoms with Crippen LogP contribution in [-0.4, -0.2) is 25.4 Å². The van der Waals surface area contributed by atoms with E-state index in [-0.39, 0.29) is 11.6 Å². The van der Waals surface area contributed by atoms with E-state index in [0.29, 0.717) is 33.1 Å². The Balaban J connectivity index is 1.71. The molecule has 24 heavy (non-hydrogen) atoms. The molecule has 2 aromatic carbocycles. The van der Waals surface area contributed by atoms with Gasteiger partial charge in [-0.15, -0.1) is 0 Å². The zero-order valence-corrected chi connectivity index (χ0v) is 13.3. The lowest BCUT2D eigenvalue weighted by atomic mass is 10.2. The second kappa shape index (κ2) is 5.24. The number of carbonyl (C=O) groups is 1. The minimum absolute atomic E-state index is 0.312. The number of H-pyrrole nitrogens is 2. The average molecular weight is 342 g/mol. The van der Waals surface area contributed by atoms with Crippen LogP contribution in [0.25, 0.3) is 22.1 Å². The van der Waals surface area contributed by atoms with Crippen molar-refractivity contribution in [3.63, 3.8) is 0 Å². The summed E-state index contributed by atoms with van der Waals surface area (Å²) >= 11 is 6.14. The third kappa shape index (κ3) is 2.26. The fraction of sp³-hybridized carbons (Fsp3) is 0.0625. The molecule has 2 heterocycles. The van der Waals surface area contributed by atoms with Gasteiger partial charge in [0.15, 0.2) is 0 Å². The van der Waals surface area contributed by atoms with Crippen LogP contribution in [0, 0.1) is 0 Å². The molecule has 0 fully saturated rings. The molecule has 4 aromatic rings. The zero-order chi connectivity index (χ0) is 16.8. The van der Waals surface area contributed by atoms with Gasteiger partial charge in [0, 0.05) is 12.6 Å². The van der Waals surface area contributed by atoms with E-state index in [2.05, 4.69) is 20.3 Å². The minimum atomic E-state index is -0.325. The van der Waals surface area contributed by atoms with Crippen molar-refractivity contribution < 1.29 is 4.79 Å². The molecule has 7 nitrogen and oxygen atoms in total. The van der Waals surface area contributed by atoms with Crippen molar-refractivity contribution in [3.8, 4) is 0 Å². The second-order valence-corrected chi connectivity index (χ2v) is 5.80. The number of aromatic nitrogens is 4. The van der Waals surface area contributed by atoms with Gasteiger partial charge in [-0.05, 0) is 30.3 Å². The first-order valence-corrected chi connectivity index (χ1v) is 7.55. The van der Waals surface area contributed by atoms with Gasteiger partial charge in [0.2, 0.25) is 5.95 Å². The van der Waals surface area contributed by atoms with E-state index in [1.165, 1.54) is 0 Å². The van der Waals surface area contributed by atoms with Gasteiger partial charge in [0.05, 0.1) is 21.6 Å². The molecule has 0 unspecified atom stereocenters. The lowest BCUT2D eigenvalue weighted by Gasteiger charge is -2.05. The van der Waals surface area contributed by atoms with Crippen molar-refractivity contribution in [2.45, 2.75) is 0 Å². The maximum absolute atomic E-state index is 12.5. The van der Waals surface area contributed by atoms with Crippen molar-refractivity contribution >= 4 is 45.5 Å². The van der Waals surface area contributed by atoms with E-state index in [4.69, 9.17) is 11.6 Å². The zero-order valence-electron chi connectivity index (χ0n) is 12.6. The maximum Gasteiger partial charge on any atom is 0.323 e. The topological polar surface area (TPSA) is 95.6 Å². The summed E-state index contributed by atoms with van der Waals surface area (Å²) in [4.78, 5) is 33.4. The highest BCUT2D eigenvalue weighted by Gasteiger charge is 2.14.